The van der Waals surface area contributed by atoms with Gasteiger partial charge in [0, 0.05) is 51.4 Å². The molecule has 0 radical (unpaired) electrons. The van der Waals surface area contributed by atoms with Gasteiger partial charge in [0.2, 0.25) is 5.91 Å². The highest BCUT2D eigenvalue weighted by molar-refractivity contribution is 5.89. The van der Waals surface area contributed by atoms with Crippen LogP contribution in [0.3, 0.4) is 0 Å². The summed E-state index contributed by atoms with van der Waals surface area (Å²) in [5.74, 6) is 2.05. The van der Waals surface area contributed by atoms with E-state index >= 15 is 0 Å². The Morgan fingerprint density at radius 1 is 1.16 bits per heavy atom. The molecule has 2 saturated heterocycles. The molecular formula is C23H33N7O2. The van der Waals surface area contributed by atoms with E-state index in [1.165, 1.54) is 5.56 Å². The van der Waals surface area contributed by atoms with E-state index in [2.05, 4.69) is 62.2 Å². The molecule has 172 valence electrons. The topological polar surface area (TPSA) is 75.7 Å². The smallest absolute Gasteiger partial charge is 0.223 e. The number of fused-ring (bicyclic) bond motifs is 3. The van der Waals surface area contributed by atoms with Gasteiger partial charge in [-0.2, -0.15) is 5.10 Å². The van der Waals surface area contributed by atoms with E-state index in [1.807, 2.05) is 17.0 Å². The molecule has 2 fully saturated rings. The third-order valence-electron chi connectivity index (χ3n) is 7.07. The molecule has 9 nitrogen and oxygen atoms in total. The van der Waals surface area contributed by atoms with Crippen molar-refractivity contribution in [2.45, 2.75) is 44.4 Å². The van der Waals surface area contributed by atoms with Gasteiger partial charge in [-0.25, -0.2) is 5.43 Å². The lowest BCUT2D eigenvalue weighted by molar-refractivity contribution is -0.132. The number of hydrogen-bond acceptors (Lipinski definition) is 8. The summed E-state index contributed by atoms with van der Waals surface area (Å²) in [7, 11) is 1.69. The number of ether oxygens (including phenoxy) is 1. The number of amides is 1. The molecule has 4 aliphatic heterocycles. The van der Waals surface area contributed by atoms with Crippen LogP contribution >= 0.6 is 0 Å². The molecule has 1 aromatic carbocycles. The highest BCUT2D eigenvalue weighted by atomic mass is 16.5. The maximum Gasteiger partial charge on any atom is 0.223 e. The molecule has 1 aromatic rings. The molecule has 2 N–H and O–H groups in total. The second kappa shape index (κ2) is 8.99. The van der Waals surface area contributed by atoms with E-state index in [9.17, 15) is 4.79 Å². The van der Waals surface area contributed by atoms with Crippen LogP contribution in [0.1, 0.15) is 37.8 Å². The Labute approximate surface area is 189 Å². The molecule has 3 atom stereocenters. The average Bonchev–Trinajstić information content (AvgIpc) is 3.46. The first-order valence-electron chi connectivity index (χ1n) is 11.6. The fourth-order valence-corrected chi connectivity index (χ4v) is 5.06. The molecule has 1 amide bonds. The molecule has 3 unspecified atom stereocenters. The maximum atomic E-state index is 12.7. The number of carbonyl (C=O) groups excluding carboxylic acids is 1. The van der Waals surface area contributed by atoms with Crippen molar-refractivity contribution < 1.29 is 9.53 Å². The number of rotatable bonds is 6. The fraction of sp³-hybridized carbons (Fsp3) is 0.565. The second-order valence-corrected chi connectivity index (χ2v) is 8.79. The average molecular weight is 440 g/mol. The second-order valence-electron chi connectivity index (χ2n) is 8.79. The standard InChI is InChI=1S/C23H33N7O2/c1-3-27-10-12-28(13-11-27)22(31)9-8-21-24-25-23-20-16-19(26-30(20)15-14-29(21)23)17-4-6-18(32-2)7-5-17/h4-7,14-15,19-20,23,25-26H,3,8-13,16H2,1-2H3. The van der Waals surface area contributed by atoms with Crippen molar-refractivity contribution in [3.63, 3.8) is 0 Å². The minimum atomic E-state index is 0.0777. The van der Waals surface area contributed by atoms with E-state index in [0.717, 1.165) is 50.7 Å². The van der Waals surface area contributed by atoms with E-state index < -0.39 is 0 Å². The molecule has 5 rings (SSSR count). The van der Waals surface area contributed by atoms with Crippen LogP contribution in [0.2, 0.25) is 0 Å². The Hall–Kier alpha value is -2.78. The molecule has 4 heterocycles. The molecular weight excluding hydrogens is 406 g/mol. The van der Waals surface area contributed by atoms with Gasteiger partial charge in [-0.05, 0) is 30.7 Å². The molecule has 0 spiro atoms. The molecule has 4 aliphatic rings. The summed E-state index contributed by atoms with van der Waals surface area (Å²) in [6.07, 6.45) is 6.35. The number of amidine groups is 1. The number of hydrazone groups is 1. The van der Waals surface area contributed by atoms with Crippen molar-refractivity contribution in [3.8, 4) is 5.75 Å². The van der Waals surface area contributed by atoms with Crippen LogP contribution in [0, 0.1) is 0 Å². The van der Waals surface area contributed by atoms with Crippen molar-refractivity contribution in [2.24, 2.45) is 5.10 Å². The first-order valence-corrected chi connectivity index (χ1v) is 11.6. The predicted octanol–water partition coefficient (Wildman–Crippen LogP) is 1.29. The molecule has 32 heavy (non-hydrogen) atoms. The Bertz CT molecular complexity index is 879. The Kier molecular flexibility index (Phi) is 5.93. The third kappa shape index (κ3) is 4.02. The number of piperazine rings is 1. The summed E-state index contributed by atoms with van der Waals surface area (Å²) >= 11 is 0. The van der Waals surface area contributed by atoms with Gasteiger partial charge in [0.15, 0.2) is 0 Å². The van der Waals surface area contributed by atoms with Crippen molar-refractivity contribution >= 4 is 11.7 Å². The van der Waals surface area contributed by atoms with Crippen LogP contribution in [0.4, 0.5) is 0 Å². The lowest BCUT2D eigenvalue weighted by atomic mass is 9.99. The van der Waals surface area contributed by atoms with Gasteiger partial charge in [-0.3, -0.25) is 10.2 Å². The lowest BCUT2D eigenvalue weighted by Crippen LogP contribution is -2.54. The number of benzene rings is 1. The predicted molar refractivity (Wildman–Crippen MR) is 122 cm³/mol. The summed E-state index contributed by atoms with van der Waals surface area (Å²) < 4.78 is 5.28. The normalized spacial score (nSPS) is 27.1. The fourth-order valence-electron chi connectivity index (χ4n) is 5.06. The Morgan fingerprint density at radius 2 is 1.94 bits per heavy atom. The summed E-state index contributed by atoms with van der Waals surface area (Å²) in [5.41, 5.74) is 8.16. The number of nitrogens with zero attached hydrogens (tertiary/aromatic N) is 5. The van der Waals surface area contributed by atoms with Crippen LogP contribution < -0.4 is 15.6 Å². The molecule has 0 saturated carbocycles. The third-order valence-corrected chi connectivity index (χ3v) is 7.07. The zero-order valence-corrected chi connectivity index (χ0v) is 18.9. The minimum Gasteiger partial charge on any atom is -0.497 e. The number of hydrogen-bond donors (Lipinski definition) is 2. The van der Waals surface area contributed by atoms with Crippen LogP contribution in [0.5, 0.6) is 5.75 Å². The van der Waals surface area contributed by atoms with Crippen LogP contribution in [0.25, 0.3) is 0 Å². The van der Waals surface area contributed by atoms with Gasteiger partial charge in [0.05, 0.1) is 19.2 Å². The van der Waals surface area contributed by atoms with E-state index in [1.54, 1.807) is 7.11 Å². The number of nitrogens with one attached hydrogen (secondary N) is 2. The molecule has 9 heteroatoms. The number of hydrazine groups is 1. The number of carbonyl (C=O) groups is 1. The first kappa shape index (κ1) is 21.1. The monoisotopic (exact) mass is 439 g/mol. The van der Waals surface area contributed by atoms with E-state index in [-0.39, 0.29) is 24.2 Å². The van der Waals surface area contributed by atoms with Gasteiger partial charge in [0.25, 0.3) is 0 Å². The van der Waals surface area contributed by atoms with Gasteiger partial charge in [0.1, 0.15) is 17.8 Å². The van der Waals surface area contributed by atoms with Crippen LogP contribution in [-0.4, -0.2) is 83.5 Å². The Morgan fingerprint density at radius 3 is 2.66 bits per heavy atom. The minimum absolute atomic E-state index is 0.0777. The lowest BCUT2D eigenvalue weighted by Gasteiger charge is -2.37. The van der Waals surface area contributed by atoms with E-state index in [0.29, 0.717) is 12.8 Å². The summed E-state index contributed by atoms with van der Waals surface area (Å²) in [5, 5.41) is 6.78. The SMILES string of the molecule is CCN1CCN(C(=O)CCC2=NNC3C4CC(c5ccc(OC)cc5)NN4C=CN23)CC1. The highest BCUT2D eigenvalue weighted by Gasteiger charge is 2.44. The largest absolute Gasteiger partial charge is 0.497 e. The summed E-state index contributed by atoms with van der Waals surface area (Å²) in [4.78, 5) is 19.3. The summed E-state index contributed by atoms with van der Waals surface area (Å²) in [6, 6.07) is 8.74. The quantitative estimate of drug-likeness (QED) is 0.692. The van der Waals surface area contributed by atoms with Crippen molar-refractivity contribution in [3.05, 3.63) is 42.2 Å². The summed E-state index contributed by atoms with van der Waals surface area (Å²) in [6.45, 7) is 6.84. The van der Waals surface area contributed by atoms with Crippen molar-refractivity contribution in [2.75, 3.05) is 39.8 Å². The first-order chi connectivity index (χ1) is 15.7. The van der Waals surface area contributed by atoms with Crippen LogP contribution in [0.15, 0.2) is 41.8 Å². The van der Waals surface area contributed by atoms with Gasteiger partial charge < -0.3 is 24.4 Å². The van der Waals surface area contributed by atoms with Crippen LogP contribution in [-0.2, 0) is 4.79 Å². The maximum absolute atomic E-state index is 12.7. The van der Waals surface area contributed by atoms with E-state index in [4.69, 9.17) is 4.74 Å². The van der Waals surface area contributed by atoms with Gasteiger partial charge in [-0.15, -0.1) is 0 Å². The zero-order valence-electron chi connectivity index (χ0n) is 18.9. The molecule has 0 aliphatic carbocycles. The number of methoxy groups -OCH3 is 1. The highest BCUT2D eigenvalue weighted by Crippen LogP contribution is 2.34. The van der Waals surface area contributed by atoms with Crippen molar-refractivity contribution in [1.82, 2.24) is 30.6 Å². The Balaban J connectivity index is 1.16. The van der Waals surface area contributed by atoms with Crippen molar-refractivity contribution in [1.29, 1.82) is 0 Å². The molecule has 0 aromatic heterocycles. The zero-order chi connectivity index (χ0) is 22.1. The number of likely N-dealkylation sites (N-methyl/N-ethyl adjacent to an activating group) is 1. The van der Waals surface area contributed by atoms with Gasteiger partial charge in [-0.1, -0.05) is 19.1 Å². The molecule has 0 bridgehead atoms. The van der Waals surface area contributed by atoms with Gasteiger partial charge >= 0.3 is 0 Å².